The van der Waals surface area contributed by atoms with Crippen molar-refractivity contribution in [1.82, 2.24) is 15.2 Å². The van der Waals surface area contributed by atoms with Gasteiger partial charge < -0.3 is 20.1 Å². The van der Waals surface area contributed by atoms with Gasteiger partial charge in [0.2, 0.25) is 5.91 Å². The van der Waals surface area contributed by atoms with Gasteiger partial charge in [-0.15, -0.1) is 0 Å². The molecule has 1 aromatic heterocycles. The van der Waals surface area contributed by atoms with Crippen LogP contribution < -0.4 is 10.1 Å². The van der Waals surface area contributed by atoms with Crippen molar-refractivity contribution in [3.8, 4) is 5.75 Å². The summed E-state index contributed by atoms with van der Waals surface area (Å²) in [5.74, 6) is -0.663. The summed E-state index contributed by atoms with van der Waals surface area (Å²) in [5.41, 5.74) is 2.16. The third-order valence-corrected chi connectivity index (χ3v) is 4.83. The van der Waals surface area contributed by atoms with Crippen LogP contribution in [0.1, 0.15) is 27.2 Å². The molecule has 31 heavy (non-hydrogen) atoms. The maximum absolute atomic E-state index is 12.8. The molecule has 3 rings (SSSR count). The number of nitrogens with one attached hydrogen (secondary N) is 1. The Labute approximate surface area is 180 Å². The van der Waals surface area contributed by atoms with E-state index in [9.17, 15) is 22.8 Å². The van der Waals surface area contributed by atoms with Crippen LogP contribution in [-0.4, -0.2) is 52.7 Å². The van der Waals surface area contributed by atoms with Crippen molar-refractivity contribution in [2.24, 2.45) is 0 Å². The second-order valence-electron chi connectivity index (χ2n) is 6.86. The monoisotopic (exact) mass is 457 g/mol. The van der Waals surface area contributed by atoms with Crippen LogP contribution in [0.25, 0.3) is 0 Å². The first-order valence-electron chi connectivity index (χ1n) is 9.29. The molecule has 2 amide bonds. The molecule has 166 valence electrons. The highest BCUT2D eigenvalue weighted by Crippen LogP contribution is 2.30. The van der Waals surface area contributed by atoms with E-state index < -0.39 is 12.8 Å². The van der Waals surface area contributed by atoms with Gasteiger partial charge >= 0.3 is 6.18 Å². The molecule has 2 aromatic rings. The molecule has 0 fully saturated rings. The Morgan fingerprint density at radius 1 is 1.32 bits per heavy atom. The number of halogens is 4. The van der Waals surface area contributed by atoms with Crippen molar-refractivity contribution in [2.75, 3.05) is 19.8 Å². The van der Waals surface area contributed by atoms with E-state index >= 15 is 0 Å². The van der Waals surface area contributed by atoms with Crippen molar-refractivity contribution in [1.29, 1.82) is 0 Å². The average Bonchev–Trinajstić information content (AvgIpc) is 3.02. The molecule has 0 radical (unpaired) electrons. The number of amides is 2. The van der Waals surface area contributed by atoms with Gasteiger partial charge in [0.1, 0.15) is 5.75 Å². The van der Waals surface area contributed by atoms with Crippen LogP contribution in [0, 0.1) is 0 Å². The molecule has 0 bridgehead atoms. The molecule has 0 saturated carbocycles. The first-order valence-corrected chi connectivity index (χ1v) is 9.67. The molecule has 1 aliphatic heterocycles. The van der Waals surface area contributed by atoms with Crippen LogP contribution in [-0.2, 0) is 24.3 Å². The van der Waals surface area contributed by atoms with Crippen molar-refractivity contribution < 1.29 is 32.6 Å². The number of aliphatic hydroxyl groups excluding tert-OH is 1. The highest BCUT2D eigenvalue weighted by molar-refractivity contribution is 6.32. The fraction of sp³-hybridized carbons (Fsp3) is 0.350. The Balaban J connectivity index is 1.69. The number of carbonyl (C=O) groups is 2. The molecular weight excluding hydrogens is 439 g/mol. The number of ether oxygens (including phenoxy) is 1. The lowest BCUT2D eigenvalue weighted by atomic mass is 10.1. The van der Waals surface area contributed by atoms with E-state index in [1.165, 1.54) is 29.3 Å². The first-order chi connectivity index (χ1) is 14.7. The van der Waals surface area contributed by atoms with Crippen molar-refractivity contribution in [3.63, 3.8) is 0 Å². The largest absolute Gasteiger partial charge is 0.483 e. The van der Waals surface area contributed by atoms with Gasteiger partial charge in [-0.05, 0) is 23.8 Å². The molecule has 2 N–H and O–H groups in total. The Kier molecular flexibility index (Phi) is 7.01. The zero-order chi connectivity index (χ0) is 22.6. The molecule has 1 aliphatic rings. The summed E-state index contributed by atoms with van der Waals surface area (Å²) in [4.78, 5) is 30.4. The summed E-state index contributed by atoms with van der Waals surface area (Å²) >= 11 is 6.03. The third kappa shape index (κ3) is 5.86. The normalized spacial score (nSPS) is 13.3. The van der Waals surface area contributed by atoms with Crippen LogP contribution in [0.15, 0.2) is 30.5 Å². The van der Waals surface area contributed by atoms with Gasteiger partial charge in [-0.3, -0.25) is 14.6 Å². The molecule has 1 aromatic carbocycles. The first kappa shape index (κ1) is 22.8. The minimum Gasteiger partial charge on any atom is -0.483 e. The summed E-state index contributed by atoms with van der Waals surface area (Å²) in [6.45, 7) is -1.10. The highest BCUT2D eigenvalue weighted by Gasteiger charge is 2.31. The Bertz CT molecular complexity index is 985. The van der Waals surface area contributed by atoms with E-state index in [0.29, 0.717) is 22.4 Å². The number of benzene rings is 1. The number of rotatable bonds is 8. The quantitative estimate of drug-likeness (QED) is 0.635. The molecule has 0 saturated heterocycles. The number of hydrogen-bond donors (Lipinski definition) is 2. The number of hydrogen-bond acceptors (Lipinski definition) is 5. The zero-order valence-corrected chi connectivity index (χ0v) is 17.0. The Morgan fingerprint density at radius 3 is 2.77 bits per heavy atom. The fourth-order valence-corrected chi connectivity index (χ4v) is 3.43. The lowest BCUT2D eigenvalue weighted by molar-refractivity contribution is -0.153. The van der Waals surface area contributed by atoms with Gasteiger partial charge in [0.25, 0.3) is 5.91 Å². The van der Waals surface area contributed by atoms with E-state index in [2.05, 4.69) is 15.0 Å². The maximum atomic E-state index is 12.8. The van der Waals surface area contributed by atoms with Crippen molar-refractivity contribution in [3.05, 3.63) is 57.9 Å². The zero-order valence-electron chi connectivity index (χ0n) is 16.2. The molecule has 0 unspecified atom stereocenters. The summed E-state index contributed by atoms with van der Waals surface area (Å²) in [6.07, 6.45) is -3.05. The predicted octanol–water partition coefficient (Wildman–Crippen LogP) is 2.48. The van der Waals surface area contributed by atoms with Gasteiger partial charge in [-0.1, -0.05) is 17.7 Å². The number of aromatic nitrogens is 1. The summed E-state index contributed by atoms with van der Waals surface area (Å²) < 4.78 is 41.6. The average molecular weight is 458 g/mol. The van der Waals surface area contributed by atoms with Crippen molar-refractivity contribution >= 4 is 23.4 Å². The second kappa shape index (κ2) is 9.52. The SMILES string of the molecule is O=C(Cc1nccc2c1CN(Cc1ccc(OCC(F)(F)F)c(Cl)c1)C2=O)NCCO. The van der Waals surface area contributed by atoms with E-state index in [4.69, 9.17) is 16.7 Å². The minimum absolute atomic E-state index is 0.00817. The molecule has 11 heteroatoms. The van der Waals surface area contributed by atoms with Gasteiger partial charge in [0.05, 0.1) is 23.7 Å². The van der Waals surface area contributed by atoms with E-state index in [-0.39, 0.29) is 55.2 Å². The molecule has 0 spiro atoms. The van der Waals surface area contributed by atoms with Crippen LogP contribution >= 0.6 is 11.6 Å². The summed E-state index contributed by atoms with van der Waals surface area (Å²) in [5, 5.41) is 11.3. The number of nitrogens with zero attached hydrogens (tertiary/aromatic N) is 2. The van der Waals surface area contributed by atoms with E-state index in [0.717, 1.165) is 0 Å². The van der Waals surface area contributed by atoms with Crippen molar-refractivity contribution in [2.45, 2.75) is 25.7 Å². The lowest BCUT2D eigenvalue weighted by Gasteiger charge is -2.17. The molecule has 0 aliphatic carbocycles. The van der Waals surface area contributed by atoms with Crippen LogP contribution in [0.5, 0.6) is 5.75 Å². The summed E-state index contributed by atoms with van der Waals surface area (Å²) in [7, 11) is 0. The smallest absolute Gasteiger partial charge is 0.422 e. The molecule has 2 heterocycles. The van der Waals surface area contributed by atoms with Gasteiger partial charge in [-0.2, -0.15) is 13.2 Å². The van der Waals surface area contributed by atoms with Crippen LogP contribution in [0.4, 0.5) is 13.2 Å². The van der Waals surface area contributed by atoms with E-state index in [1.807, 2.05) is 0 Å². The van der Waals surface area contributed by atoms with E-state index in [1.54, 1.807) is 6.07 Å². The van der Waals surface area contributed by atoms with Gasteiger partial charge in [0, 0.05) is 37.0 Å². The fourth-order valence-electron chi connectivity index (χ4n) is 3.18. The van der Waals surface area contributed by atoms with Crippen LogP contribution in [0.2, 0.25) is 5.02 Å². The molecule has 0 atom stereocenters. The topological polar surface area (TPSA) is 91.8 Å². The number of pyridine rings is 1. The van der Waals surface area contributed by atoms with Gasteiger partial charge in [0.15, 0.2) is 6.61 Å². The second-order valence-corrected chi connectivity index (χ2v) is 7.27. The number of alkyl halides is 3. The summed E-state index contributed by atoms with van der Waals surface area (Å²) in [6, 6.07) is 5.89. The minimum atomic E-state index is -4.48. The number of aliphatic hydroxyl groups is 1. The highest BCUT2D eigenvalue weighted by atomic mass is 35.5. The maximum Gasteiger partial charge on any atom is 0.422 e. The number of carbonyl (C=O) groups excluding carboxylic acids is 2. The third-order valence-electron chi connectivity index (χ3n) is 4.53. The van der Waals surface area contributed by atoms with Crippen LogP contribution in [0.3, 0.4) is 0 Å². The standard InChI is InChI=1S/C20H19ClF3N3O4/c21-15-7-12(1-2-17(15)31-11-20(22,23)24)9-27-10-14-13(19(27)30)3-4-25-16(14)8-18(29)26-5-6-28/h1-4,7,28H,5-6,8-11H2,(H,26,29). The predicted molar refractivity (Wildman–Crippen MR) is 105 cm³/mol. The Hall–Kier alpha value is -2.85. The number of fused-ring (bicyclic) bond motifs is 1. The lowest BCUT2D eigenvalue weighted by Crippen LogP contribution is -2.28. The molecular formula is C20H19ClF3N3O4. The van der Waals surface area contributed by atoms with Gasteiger partial charge in [-0.25, -0.2) is 0 Å². The Morgan fingerprint density at radius 2 is 2.10 bits per heavy atom. The molecule has 7 nitrogen and oxygen atoms in total.